The summed E-state index contributed by atoms with van der Waals surface area (Å²) < 4.78 is 37.4. The van der Waals surface area contributed by atoms with E-state index < -0.39 is 40.7 Å². The van der Waals surface area contributed by atoms with Gasteiger partial charge in [0.05, 0.1) is 18.1 Å². The first-order valence-electron chi connectivity index (χ1n) is 10.9. The number of sulfonamides is 1. The molecule has 9 nitrogen and oxygen atoms in total. The topological polar surface area (TPSA) is 122 Å². The normalized spacial score (nSPS) is 18.5. The number of aryl methyl sites for hydroxylation is 2. The third-order valence-corrected chi connectivity index (χ3v) is 7.70. The molecule has 1 aliphatic heterocycles. The summed E-state index contributed by atoms with van der Waals surface area (Å²) in [6.45, 7) is 3.26. The Balaban J connectivity index is 1.55. The molecule has 0 spiro atoms. The summed E-state index contributed by atoms with van der Waals surface area (Å²) in [5, 5.41) is 12.7. The van der Waals surface area contributed by atoms with Gasteiger partial charge in [-0.15, -0.1) is 0 Å². The van der Waals surface area contributed by atoms with Crippen LogP contribution < -0.4 is 10.1 Å². The number of carbonyl (C=O) groups excluding carboxylic acids is 2. The summed E-state index contributed by atoms with van der Waals surface area (Å²) >= 11 is 0. The lowest BCUT2D eigenvalue weighted by molar-refractivity contribution is -0.151. The summed E-state index contributed by atoms with van der Waals surface area (Å²) in [7, 11) is -2.45. The molecule has 0 radical (unpaired) electrons. The fraction of sp³-hybridized carbons (Fsp3) is 0.417. The third-order valence-electron chi connectivity index (χ3n) is 5.83. The zero-order valence-corrected chi connectivity index (χ0v) is 20.3. The van der Waals surface area contributed by atoms with Crippen LogP contribution >= 0.6 is 0 Å². The minimum atomic E-state index is -4.03. The van der Waals surface area contributed by atoms with Crippen molar-refractivity contribution in [2.75, 3.05) is 26.8 Å². The van der Waals surface area contributed by atoms with Crippen LogP contribution in [-0.4, -0.2) is 68.7 Å². The molecule has 3 rings (SSSR count). The lowest BCUT2D eigenvalue weighted by Crippen LogP contribution is -2.42. The van der Waals surface area contributed by atoms with Crippen molar-refractivity contribution in [3.8, 4) is 5.75 Å². The largest absolute Gasteiger partial charge is 0.497 e. The molecule has 0 bridgehead atoms. The first-order chi connectivity index (χ1) is 16.1. The molecule has 1 fully saturated rings. The van der Waals surface area contributed by atoms with Gasteiger partial charge in [0.15, 0.2) is 6.61 Å². The average molecular weight is 491 g/mol. The molecule has 1 saturated heterocycles. The van der Waals surface area contributed by atoms with E-state index in [2.05, 4.69) is 5.32 Å². The van der Waals surface area contributed by atoms with Gasteiger partial charge in [0.2, 0.25) is 10.0 Å². The van der Waals surface area contributed by atoms with Gasteiger partial charge < -0.3 is 19.9 Å². The predicted molar refractivity (Wildman–Crippen MR) is 125 cm³/mol. The molecule has 2 aromatic rings. The minimum absolute atomic E-state index is 0.0405. The number of aliphatic hydroxyl groups is 1. The number of esters is 1. The van der Waals surface area contributed by atoms with E-state index in [0.717, 1.165) is 26.7 Å². The number of hydrogen-bond donors (Lipinski definition) is 2. The third kappa shape index (κ3) is 6.13. The molecule has 2 atom stereocenters. The Bertz CT molecular complexity index is 1130. The highest BCUT2D eigenvalue weighted by molar-refractivity contribution is 7.89. The van der Waals surface area contributed by atoms with Crippen LogP contribution in [0.15, 0.2) is 47.4 Å². The van der Waals surface area contributed by atoms with Crippen LogP contribution in [0.25, 0.3) is 0 Å². The Kier molecular flexibility index (Phi) is 8.29. The number of hydrogen-bond acceptors (Lipinski definition) is 7. The number of methoxy groups -OCH3 is 1. The number of rotatable bonds is 9. The maximum atomic E-state index is 13.1. The van der Waals surface area contributed by atoms with Gasteiger partial charge in [-0.05, 0) is 61.2 Å². The lowest BCUT2D eigenvalue weighted by atomic mass is 10.1. The number of aliphatic hydroxyl groups excluding tert-OH is 1. The van der Waals surface area contributed by atoms with Crippen molar-refractivity contribution in [3.63, 3.8) is 0 Å². The van der Waals surface area contributed by atoms with Crippen molar-refractivity contribution in [2.24, 2.45) is 0 Å². The van der Waals surface area contributed by atoms with E-state index in [4.69, 9.17) is 9.47 Å². The van der Waals surface area contributed by atoms with E-state index in [1.54, 1.807) is 20.1 Å². The number of β-amino-alcohol motifs (C(OH)–C–C–N with tert-alkyl or cyclic N) is 1. The Morgan fingerprint density at radius 1 is 1.12 bits per heavy atom. The smallest absolute Gasteiger partial charge is 0.325 e. The van der Waals surface area contributed by atoms with Crippen LogP contribution in [0.4, 0.5) is 0 Å². The second-order valence-electron chi connectivity index (χ2n) is 8.28. The van der Waals surface area contributed by atoms with E-state index in [-0.39, 0.29) is 17.9 Å². The van der Waals surface area contributed by atoms with Gasteiger partial charge >= 0.3 is 5.97 Å². The highest BCUT2D eigenvalue weighted by Gasteiger charge is 2.44. The second-order valence-corrected chi connectivity index (χ2v) is 10.2. The summed E-state index contributed by atoms with van der Waals surface area (Å²) in [5.41, 5.74) is 2.74. The Morgan fingerprint density at radius 2 is 1.82 bits per heavy atom. The first kappa shape index (κ1) is 25.7. The molecule has 1 amide bonds. The van der Waals surface area contributed by atoms with Crippen LogP contribution in [0, 0.1) is 13.8 Å². The van der Waals surface area contributed by atoms with Crippen molar-refractivity contribution in [2.45, 2.75) is 43.7 Å². The van der Waals surface area contributed by atoms with E-state index in [1.807, 2.05) is 31.2 Å². The van der Waals surface area contributed by atoms with Gasteiger partial charge in [-0.2, -0.15) is 4.31 Å². The molecule has 1 heterocycles. The molecule has 0 saturated carbocycles. The molecule has 0 aliphatic carbocycles. The molecule has 34 heavy (non-hydrogen) atoms. The molecule has 184 valence electrons. The molecule has 2 N–H and O–H groups in total. The van der Waals surface area contributed by atoms with Gasteiger partial charge in [-0.25, -0.2) is 8.42 Å². The number of carbonyl (C=O) groups is 2. The van der Waals surface area contributed by atoms with Crippen LogP contribution in [0.2, 0.25) is 0 Å². The van der Waals surface area contributed by atoms with Crippen molar-refractivity contribution < 1.29 is 32.6 Å². The lowest BCUT2D eigenvalue weighted by Gasteiger charge is -2.22. The quantitative estimate of drug-likeness (QED) is 0.509. The van der Waals surface area contributed by atoms with Crippen molar-refractivity contribution in [3.05, 3.63) is 59.2 Å². The van der Waals surface area contributed by atoms with E-state index >= 15 is 0 Å². The number of benzene rings is 2. The maximum absolute atomic E-state index is 13.1. The van der Waals surface area contributed by atoms with Gasteiger partial charge in [0.25, 0.3) is 5.91 Å². The Hall–Kier alpha value is -2.95. The summed E-state index contributed by atoms with van der Waals surface area (Å²) in [5.74, 6) is -0.622. The zero-order valence-electron chi connectivity index (χ0n) is 19.5. The maximum Gasteiger partial charge on any atom is 0.325 e. The fourth-order valence-electron chi connectivity index (χ4n) is 3.70. The molecule has 2 aromatic carbocycles. The van der Waals surface area contributed by atoms with Crippen molar-refractivity contribution >= 4 is 21.9 Å². The van der Waals surface area contributed by atoms with E-state index in [0.29, 0.717) is 13.0 Å². The van der Waals surface area contributed by atoms with Crippen LogP contribution in [0.5, 0.6) is 5.75 Å². The number of nitrogens with one attached hydrogen (secondary N) is 1. The first-order valence-corrected chi connectivity index (χ1v) is 12.4. The average Bonchev–Trinajstić information content (AvgIpc) is 3.22. The predicted octanol–water partition coefficient (Wildman–Crippen LogP) is 1.34. The number of amides is 1. The van der Waals surface area contributed by atoms with Gasteiger partial charge in [0.1, 0.15) is 11.8 Å². The number of ether oxygens (including phenoxy) is 2. The molecule has 1 aliphatic rings. The Labute approximate surface area is 199 Å². The molecular weight excluding hydrogens is 460 g/mol. The van der Waals surface area contributed by atoms with Crippen molar-refractivity contribution in [1.29, 1.82) is 0 Å². The molecule has 10 heteroatoms. The van der Waals surface area contributed by atoms with Crippen molar-refractivity contribution in [1.82, 2.24) is 9.62 Å². The summed E-state index contributed by atoms with van der Waals surface area (Å²) in [6, 6.07) is 10.9. The van der Waals surface area contributed by atoms with Gasteiger partial charge in [0, 0.05) is 19.5 Å². The second kappa shape index (κ2) is 11.0. The standard InChI is InChI=1S/C24H30N2O7S/c1-16-4-9-21(12-17(16)2)34(30,31)26-14-19(27)13-22(26)24(29)33-15-23(28)25-11-10-18-5-7-20(32-3)8-6-18/h4-9,12,19,22,27H,10-11,13-15H2,1-3H3,(H,25,28)/t19?,22-/m0/s1. The summed E-state index contributed by atoms with van der Waals surface area (Å²) in [4.78, 5) is 24.8. The van der Waals surface area contributed by atoms with E-state index in [1.165, 1.54) is 12.1 Å². The highest BCUT2D eigenvalue weighted by atomic mass is 32.2. The van der Waals surface area contributed by atoms with Gasteiger partial charge in [-0.3, -0.25) is 9.59 Å². The Morgan fingerprint density at radius 3 is 2.47 bits per heavy atom. The van der Waals surface area contributed by atoms with E-state index in [9.17, 15) is 23.1 Å². The molecular formula is C24H30N2O7S. The number of nitrogens with zero attached hydrogens (tertiary/aromatic N) is 1. The van der Waals surface area contributed by atoms with Crippen LogP contribution in [0.3, 0.4) is 0 Å². The molecule has 1 unspecified atom stereocenters. The highest BCUT2D eigenvalue weighted by Crippen LogP contribution is 2.28. The van der Waals surface area contributed by atoms with Gasteiger partial charge in [-0.1, -0.05) is 18.2 Å². The van der Waals surface area contributed by atoms with Crippen LogP contribution in [-0.2, 0) is 30.8 Å². The SMILES string of the molecule is COc1ccc(CCNC(=O)COC(=O)[C@@H]2CC(O)CN2S(=O)(=O)c2ccc(C)c(C)c2)cc1. The minimum Gasteiger partial charge on any atom is -0.497 e. The van der Waals surface area contributed by atoms with Crippen LogP contribution in [0.1, 0.15) is 23.1 Å². The monoisotopic (exact) mass is 490 g/mol. The zero-order chi connectivity index (χ0) is 24.9. The fourth-order valence-corrected chi connectivity index (χ4v) is 5.41. The molecule has 0 aromatic heterocycles. The summed E-state index contributed by atoms with van der Waals surface area (Å²) in [6.07, 6.45) is -0.514.